The van der Waals surface area contributed by atoms with Crippen molar-refractivity contribution in [2.24, 2.45) is 0 Å². The van der Waals surface area contributed by atoms with Crippen molar-refractivity contribution in [2.75, 3.05) is 7.05 Å². The van der Waals surface area contributed by atoms with E-state index in [1.54, 1.807) is 7.05 Å². The average Bonchev–Trinajstić information content (AvgIpc) is 2.40. The summed E-state index contributed by atoms with van der Waals surface area (Å²) in [5, 5.41) is 2.61. The molecule has 0 aliphatic heterocycles. The Bertz CT molecular complexity index is 295. The van der Waals surface area contributed by atoms with E-state index in [9.17, 15) is 4.79 Å². The number of hydrogen-bond donors (Lipinski definition) is 1. The van der Waals surface area contributed by atoms with Crippen molar-refractivity contribution in [1.82, 2.24) is 5.32 Å². The normalized spacial score (nSPS) is 8.12. The van der Waals surface area contributed by atoms with Gasteiger partial charge in [0.15, 0.2) is 0 Å². The first-order chi connectivity index (χ1) is 8.22. The summed E-state index contributed by atoms with van der Waals surface area (Å²) in [6.07, 6.45) is 1.39. The summed E-state index contributed by atoms with van der Waals surface area (Å²) in [5.41, 5.74) is 2.47. The minimum Gasteiger partial charge on any atom is -0.359 e. The van der Waals surface area contributed by atoms with Crippen molar-refractivity contribution >= 4 is 5.91 Å². The summed E-state index contributed by atoms with van der Waals surface area (Å²) in [7, 11) is 1.67. The quantitative estimate of drug-likeness (QED) is 0.852. The van der Waals surface area contributed by atoms with Crippen molar-refractivity contribution in [3.8, 4) is 0 Å². The van der Waals surface area contributed by atoms with Crippen LogP contribution in [0.1, 0.15) is 45.2 Å². The Balaban J connectivity index is 0. The lowest BCUT2D eigenvalue weighted by molar-refractivity contribution is -0.120. The molecule has 0 aliphatic rings. The largest absolute Gasteiger partial charge is 0.359 e. The fourth-order valence-electron chi connectivity index (χ4n) is 1.25. The van der Waals surface area contributed by atoms with E-state index in [1.807, 2.05) is 33.8 Å². The highest BCUT2D eigenvalue weighted by Gasteiger charge is 1.98. The maximum absolute atomic E-state index is 11.0. The number of rotatable bonds is 3. The van der Waals surface area contributed by atoms with Gasteiger partial charge >= 0.3 is 0 Å². The molecule has 0 saturated carbocycles. The lowest BCUT2D eigenvalue weighted by Crippen LogP contribution is -2.17. The lowest BCUT2D eigenvalue weighted by Gasteiger charge is -2.01. The molecule has 2 heteroatoms. The third-order valence-electron chi connectivity index (χ3n) is 2.00. The third-order valence-corrected chi connectivity index (χ3v) is 2.00. The molecule has 0 radical (unpaired) electrons. The van der Waals surface area contributed by atoms with Gasteiger partial charge in [0.1, 0.15) is 0 Å². The number of carbonyl (C=O) groups excluding carboxylic acids is 1. The van der Waals surface area contributed by atoms with Crippen molar-refractivity contribution in [3.05, 3.63) is 35.4 Å². The van der Waals surface area contributed by atoms with Gasteiger partial charge < -0.3 is 5.32 Å². The van der Waals surface area contributed by atoms with E-state index in [-0.39, 0.29) is 5.91 Å². The van der Waals surface area contributed by atoms with Crippen LogP contribution >= 0.6 is 0 Å². The minimum absolute atomic E-state index is 0.0986. The number of aryl methyl sites for hydroxylation is 2. The van der Waals surface area contributed by atoms with Crippen molar-refractivity contribution in [3.63, 3.8) is 0 Å². The summed E-state index contributed by atoms with van der Waals surface area (Å²) in [6.45, 7) is 10.1. The monoisotopic (exact) mass is 237 g/mol. The zero-order valence-corrected chi connectivity index (χ0v) is 12.1. The second-order valence-corrected chi connectivity index (χ2v) is 3.16. The number of carbonyl (C=O) groups is 1. The zero-order valence-electron chi connectivity index (χ0n) is 12.1. The molecular formula is C15H27NO. The topological polar surface area (TPSA) is 29.1 Å². The van der Waals surface area contributed by atoms with Gasteiger partial charge in [-0.3, -0.25) is 4.79 Å². The van der Waals surface area contributed by atoms with E-state index >= 15 is 0 Å². The van der Waals surface area contributed by atoms with Crippen LogP contribution in [0.15, 0.2) is 24.3 Å². The van der Waals surface area contributed by atoms with Gasteiger partial charge in [0.25, 0.3) is 0 Å². The van der Waals surface area contributed by atoms with Crippen LogP contribution in [-0.2, 0) is 11.2 Å². The van der Waals surface area contributed by atoms with Gasteiger partial charge in [-0.05, 0) is 18.9 Å². The van der Waals surface area contributed by atoms with Gasteiger partial charge in [0, 0.05) is 13.5 Å². The molecule has 17 heavy (non-hydrogen) atoms. The molecule has 0 atom stereocenters. The lowest BCUT2D eigenvalue weighted by atomic mass is 10.1. The molecular weight excluding hydrogens is 210 g/mol. The summed E-state index contributed by atoms with van der Waals surface area (Å²) in [5.74, 6) is 0.0986. The fourth-order valence-corrected chi connectivity index (χ4v) is 1.25. The van der Waals surface area contributed by atoms with Gasteiger partial charge in [0.2, 0.25) is 5.91 Å². The Morgan fingerprint density at radius 1 is 1.18 bits per heavy atom. The van der Waals surface area contributed by atoms with Crippen LogP contribution in [0.3, 0.4) is 0 Å². The van der Waals surface area contributed by atoms with E-state index in [4.69, 9.17) is 0 Å². The first-order valence-electron chi connectivity index (χ1n) is 6.48. The predicted molar refractivity (Wildman–Crippen MR) is 76.3 cm³/mol. The van der Waals surface area contributed by atoms with Crippen molar-refractivity contribution in [1.29, 1.82) is 0 Å². The smallest absolute Gasteiger partial charge is 0.220 e. The van der Waals surface area contributed by atoms with Crippen molar-refractivity contribution < 1.29 is 4.79 Å². The van der Waals surface area contributed by atoms with Crippen LogP contribution < -0.4 is 5.32 Å². The molecule has 0 saturated heterocycles. The van der Waals surface area contributed by atoms with E-state index in [0.29, 0.717) is 6.42 Å². The highest BCUT2D eigenvalue weighted by Crippen LogP contribution is 2.06. The summed E-state index contributed by atoms with van der Waals surface area (Å²) < 4.78 is 0. The van der Waals surface area contributed by atoms with E-state index in [1.165, 1.54) is 11.1 Å². The number of benzene rings is 1. The molecule has 0 unspecified atom stereocenters. The van der Waals surface area contributed by atoms with E-state index in [2.05, 4.69) is 30.4 Å². The molecule has 0 aromatic heterocycles. The molecule has 1 rings (SSSR count). The maximum atomic E-state index is 11.0. The number of amides is 1. The Morgan fingerprint density at radius 2 is 1.76 bits per heavy atom. The molecule has 1 amide bonds. The van der Waals surface area contributed by atoms with Crippen molar-refractivity contribution in [2.45, 2.75) is 47.5 Å². The Labute approximate surface area is 106 Å². The molecule has 0 heterocycles. The third kappa shape index (κ3) is 9.61. The SMILES string of the molecule is CC.CC.CNC(=O)CCc1cccc(C)c1. The molecule has 2 nitrogen and oxygen atoms in total. The Kier molecular flexibility index (Phi) is 13.6. The van der Waals surface area contributed by atoms with Gasteiger partial charge in [-0.2, -0.15) is 0 Å². The van der Waals surface area contributed by atoms with Crippen LogP contribution in [0, 0.1) is 6.92 Å². The Morgan fingerprint density at radius 3 is 2.24 bits per heavy atom. The second kappa shape index (κ2) is 12.8. The predicted octanol–water partition coefficient (Wildman–Crippen LogP) is 3.73. The molecule has 0 aliphatic carbocycles. The van der Waals surface area contributed by atoms with Gasteiger partial charge in [-0.25, -0.2) is 0 Å². The van der Waals surface area contributed by atoms with E-state index in [0.717, 1.165) is 6.42 Å². The molecule has 1 aromatic rings. The van der Waals surface area contributed by atoms with Gasteiger partial charge in [-0.15, -0.1) is 0 Å². The molecule has 98 valence electrons. The second-order valence-electron chi connectivity index (χ2n) is 3.16. The zero-order chi connectivity index (χ0) is 13.7. The fraction of sp³-hybridized carbons (Fsp3) is 0.533. The number of hydrogen-bond acceptors (Lipinski definition) is 1. The van der Waals surface area contributed by atoms with Gasteiger partial charge in [0.05, 0.1) is 0 Å². The standard InChI is InChI=1S/C11H15NO.2C2H6/c1-9-4-3-5-10(8-9)6-7-11(13)12-2;2*1-2/h3-5,8H,6-7H2,1-2H3,(H,12,13);2*1-2H3. The average molecular weight is 237 g/mol. The van der Waals surface area contributed by atoms with Crippen LogP contribution in [-0.4, -0.2) is 13.0 Å². The first-order valence-corrected chi connectivity index (χ1v) is 6.48. The summed E-state index contributed by atoms with van der Waals surface area (Å²) in [4.78, 5) is 11.0. The molecule has 0 fully saturated rings. The summed E-state index contributed by atoms with van der Waals surface area (Å²) in [6, 6.07) is 8.25. The first kappa shape index (κ1) is 18.1. The van der Waals surface area contributed by atoms with Crippen LogP contribution in [0.5, 0.6) is 0 Å². The van der Waals surface area contributed by atoms with E-state index < -0.39 is 0 Å². The van der Waals surface area contributed by atoms with Crippen LogP contribution in [0.2, 0.25) is 0 Å². The maximum Gasteiger partial charge on any atom is 0.220 e. The summed E-state index contributed by atoms with van der Waals surface area (Å²) >= 11 is 0. The highest BCUT2D eigenvalue weighted by molar-refractivity contribution is 5.75. The van der Waals surface area contributed by atoms with Crippen LogP contribution in [0.25, 0.3) is 0 Å². The molecule has 1 aromatic carbocycles. The molecule has 0 spiro atoms. The Hall–Kier alpha value is -1.31. The number of nitrogens with one attached hydrogen (secondary N) is 1. The minimum atomic E-state index is 0.0986. The van der Waals surface area contributed by atoms with Gasteiger partial charge in [-0.1, -0.05) is 57.5 Å². The molecule has 0 bridgehead atoms. The highest BCUT2D eigenvalue weighted by atomic mass is 16.1. The molecule has 1 N–H and O–H groups in total. The van der Waals surface area contributed by atoms with Crippen LogP contribution in [0.4, 0.5) is 0 Å².